The summed E-state index contributed by atoms with van der Waals surface area (Å²) in [6, 6.07) is 15.4. The molecule has 0 aliphatic carbocycles. The zero-order valence-corrected chi connectivity index (χ0v) is 12.9. The molecule has 3 aromatic rings. The van der Waals surface area contributed by atoms with Gasteiger partial charge in [0.05, 0.1) is 10.5 Å². The van der Waals surface area contributed by atoms with E-state index < -0.39 is 10.9 Å². The molecular weight excluding hydrogens is 326 g/mol. The van der Waals surface area contributed by atoms with Crippen LogP contribution in [0.3, 0.4) is 0 Å². The third kappa shape index (κ3) is 4.83. The van der Waals surface area contributed by atoms with Gasteiger partial charge in [-0.25, -0.2) is 9.78 Å². The Balaban J connectivity index is 0.000000181. The average molecular weight is 339 g/mol. The molecule has 2 heterocycles. The Morgan fingerprint density at radius 3 is 2.24 bits per heavy atom. The van der Waals surface area contributed by atoms with Gasteiger partial charge in [-0.05, 0) is 30.3 Å². The number of carboxylic acids is 1. The molecular formula is C17H13N3O5. The van der Waals surface area contributed by atoms with E-state index in [1.54, 1.807) is 18.3 Å². The highest BCUT2D eigenvalue weighted by Gasteiger charge is 2.07. The van der Waals surface area contributed by atoms with Crippen LogP contribution in [0.5, 0.6) is 0 Å². The molecule has 8 heteroatoms. The molecule has 0 aliphatic rings. The number of nitro benzene ring substituents is 1. The lowest BCUT2D eigenvalue weighted by Crippen LogP contribution is -2.28. The number of carbonyl (C=O) groups is 1. The van der Waals surface area contributed by atoms with Crippen molar-refractivity contribution in [1.82, 2.24) is 4.98 Å². The lowest BCUT2D eigenvalue weighted by Gasteiger charge is -2.01. The molecule has 0 saturated heterocycles. The smallest absolute Gasteiger partial charge is 0.335 e. The van der Waals surface area contributed by atoms with Crippen molar-refractivity contribution in [3.05, 3.63) is 93.9 Å². The SMILES string of the molecule is O=C(O)c1ccc([N+](=O)[O-])cc1.[O-][n+]1ccccc1-c1ccccn1. The molecule has 0 spiro atoms. The summed E-state index contributed by atoms with van der Waals surface area (Å²) in [5.41, 5.74) is 1.20. The maximum atomic E-state index is 11.3. The minimum atomic E-state index is -1.09. The fraction of sp³-hybridized carbons (Fsp3) is 0. The molecule has 0 radical (unpaired) electrons. The Morgan fingerprint density at radius 2 is 1.72 bits per heavy atom. The minimum absolute atomic E-state index is 0.0422. The van der Waals surface area contributed by atoms with Gasteiger partial charge in [-0.3, -0.25) is 10.1 Å². The van der Waals surface area contributed by atoms with Crippen LogP contribution in [0.4, 0.5) is 5.69 Å². The van der Waals surface area contributed by atoms with Gasteiger partial charge in [0.2, 0.25) is 5.69 Å². The van der Waals surface area contributed by atoms with Crippen LogP contribution >= 0.6 is 0 Å². The van der Waals surface area contributed by atoms with Crippen molar-refractivity contribution in [2.45, 2.75) is 0 Å². The summed E-state index contributed by atoms with van der Waals surface area (Å²) in [5, 5.41) is 29.9. The number of hydrogen-bond donors (Lipinski definition) is 1. The summed E-state index contributed by atoms with van der Waals surface area (Å²) in [5.74, 6) is -1.09. The first-order valence-corrected chi connectivity index (χ1v) is 7.06. The molecule has 0 saturated carbocycles. The summed E-state index contributed by atoms with van der Waals surface area (Å²) in [4.78, 5) is 24.0. The van der Waals surface area contributed by atoms with Crippen LogP contribution in [0.25, 0.3) is 11.4 Å². The summed E-state index contributed by atoms with van der Waals surface area (Å²) in [6.45, 7) is 0. The number of rotatable bonds is 3. The predicted molar refractivity (Wildman–Crippen MR) is 88.7 cm³/mol. The Bertz CT molecular complexity index is 834. The topological polar surface area (TPSA) is 120 Å². The summed E-state index contributed by atoms with van der Waals surface area (Å²) in [7, 11) is 0. The first-order chi connectivity index (χ1) is 12.0. The second-order valence-corrected chi connectivity index (χ2v) is 4.74. The molecule has 0 aliphatic heterocycles. The zero-order valence-electron chi connectivity index (χ0n) is 12.9. The van der Waals surface area contributed by atoms with E-state index in [-0.39, 0.29) is 11.3 Å². The van der Waals surface area contributed by atoms with E-state index in [9.17, 15) is 20.1 Å². The van der Waals surface area contributed by atoms with Crippen molar-refractivity contribution in [3.8, 4) is 11.4 Å². The molecule has 2 aromatic heterocycles. The average Bonchev–Trinajstić information content (AvgIpc) is 2.63. The zero-order chi connectivity index (χ0) is 18.2. The number of benzene rings is 1. The normalized spacial score (nSPS) is 9.60. The number of pyridine rings is 2. The largest absolute Gasteiger partial charge is 0.618 e. The fourth-order valence-electron chi connectivity index (χ4n) is 1.87. The van der Waals surface area contributed by atoms with Gasteiger partial charge in [-0.2, -0.15) is 4.73 Å². The molecule has 0 bridgehead atoms. The predicted octanol–water partition coefficient (Wildman–Crippen LogP) is 2.68. The van der Waals surface area contributed by atoms with E-state index in [2.05, 4.69) is 4.98 Å². The van der Waals surface area contributed by atoms with Crippen LogP contribution in [0.15, 0.2) is 73.1 Å². The van der Waals surface area contributed by atoms with E-state index in [1.807, 2.05) is 24.3 Å². The van der Waals surface area contributed by atoms with Gasteiger partial charge < -0.3 is 10.3 Å². The second-order valence-electron chi connectivity index (χ2n) is 4.74. The van der Waals surface area contributed by atoms with E-state index in [0.29, 0.717) is 11.4 Å². The van der Waals surface area contributed by atoms with Crippen LogP contribution in [-0.4, -0.2) is 21.0 Å². The third-order valence-electron chi connectivity index (χ3n) is 3.08. The molecule has 0 amide bonds. The van der Waals surface area contributed by atoms with E-state index in [0.717, 1.165) is 16.9 Å². The van der Waals surface area contributed by atoms with Crippen molar-refractivity contribution in [3.63, 3.8) is 0 Å². The van der Waals surface area contributed by atoms with Crippen molar-refractivity contribution in [2.75, 3.05) is 0 Å². The summed E-state index contributed by atoms with van der Waals surface area (Å²) >= 11 is 0. The number of aromatic nitrogens is 2. The Kier molecular flexibility index (Phi) is 5.72. The van der Waals surface area contributed by atoms with Crippen molar-refractivity contribution < 1.29 is 19.6 Å². The van der Waals surface area contributed by atoms with Crippen molar-refractivity contribution in [1.29, 1.82) is 0 Å². The fourth-order valence-corrected chi connectivity index (χ4v) is 1.87. The first kappa shape index (κ1) is 17.5. The van der Waals surface area contributed by atoms with E-state index in [4.69, 9.17) is 5.11 Å². The number of aromatic carboxylic acids is 1. The lowest BCUT2D eigenvalue weighted by molar-refractivity contribution is -0.593. The standard InChI is InChI=1S/C10H8N2O.C7H5NO4/c13-12-8-4-2-6-10(12)9-5-1-3-7-11-9;9-7(10)5-1-3-6(4-2-5)8(11)12/h1-8H;1-4H,(H,9,10). The lowest BCUT2D eigenvalue weighted by atomic mass is 10.2. The number of carboxylic acid groups (broad SMARTS) is 1. The molecule has 3 rings (SSSR count). The number of nitro groups is 1. The molecule has 0 unspecified atom stereocenters. The van der Waals surface area contributed by atoms with Crippen LogP contribution in [0, 0.1) is 15.3 Å². The maximum absolute atomic E-state index is 11.3. The number of nitrogens with zero attached hydrogens (tertiary/aromatic N) is 3. The second kappa shape index (κ2) is 8.16. The van der Waals surface area contributed by atoms with Gasteiger partial charge in [-0.15, -0.1) is 0 Å². The molecule has 0 atom stereocenters. The first-order valence-electron chi connectivity index (χ1n) is 7.06. The molecule has 126 valence electrons. The highest BCUT2D eigenvalue weighted by Crippen LogP contribution is 2.11. The van der Waals surface area contributed by atoms with Crippen LogP contribution < -0.4 is 4.73 Å². The Hall–Kier alpha value is -3.81. The van der Waals surface area contributed by atoms with Crippen LogP contribution in [-0.2, 0) is 0 Å². The molecule has 8 nitrogen and oxygen atoms in total. The highest BCUT2D eigenvalue weighted by atomic mass is 16.6. The summed E-state index contributed by atoms with van der Waals surface area (Å²) < 4.78 is 0.808. The Labute approximate surface area is 142 Å². The van der Waals surface area contributed by atoms with Gasteiger partial charge in [0.25, 0.3) is 5.69 Å². The van der Waals surface area contributed by atoms with Crippen LogP contribution in [0.2, 0.25) is 0 Å². The quantitative estimate of drug-likeness (QED) is 0.339. The van der Waals surface area contributed by atoms with Gasteiger partial charge >= 0.3 is 5.97 Å². The minimum Gasteiger partial charge on any atom is -0.618 e. The summed E-state index contributed by atoms with van der Waals surface area (Å²) in [6.07, 6.45) is 3.13. The molecule has 1 aromatic carbocycles. The van der Waals surface area contributed by atoms with Gasteiger partial charge in [-0.1, -0.05) is 6.07 Å². The maximum Gasteiger partial charge on any atom is 0.335 e. The van der Waals surface area contributed by atoms with E-state index in [1.165, 1.54) is 18.3 Å². The van der Waals surface area contributed by atoms with Gasteiger partial charge in [0.15, 0.2) is 6.20 Å². The van der Waals surface area contributed by atoms with E-state index >= 15 is 0 Å². The van der Waals surface area contributed by atoms with Gasteiger partial charge in [0.1, 0.15) is 5.69 Å². The van der Waals surface area contributed by atoms with Crippen LogP contribution in [0.1, 0.15) is 10.4 Å². The monoisotopic (exact) mass is 339 g/mol. The molecule has 1 N–H and O–H groups in total. The number of non-ortho nitro benzene ring substituents is 1. The van der Waals surface area contributed by atoms with Crippen molar-refractivity contribution in [2.24, 2.45) is 0 Å². The van der Waals surface area contributed by atoms with Crippen molar-refractivity contribution >= 4 is 11.7 Å². The highest BCUT2D eigenvalue weighted by molar-refractivity contribution is 5.87. The molecule has 25 heavy (non-hydrogen) atoms. The third-order valence-corrected chi connectivity index (χ3v) is 3.08. The number of hydrogen-bond acceptors (Lipinski definition) is 5. The Morgan fingerprint density at radius 1 is 1.04 bits per heavy atom. The van der Waals surface area contributed by atoms with Gasteiger partial charge in [0, 0.05) is 30.5 Å². The molecule has 0 fully saturated rings.